The zero-order valence-electron chi connectivity index (χ0n) is 8.28. The average Bonchev–Trinajstić information content (AvgIpc) is 2.30. The van der Waals surface area contributed by atoms with Crippen molar-refractivity contribution < 1.29 is 4.79 Å². The van der Waals surface area contributed by atoms with E-state index in [9.17, 15) is 4.79 Å². The monoisotopic (exact) mass is 285 g/mol. The fraction of sp³-hybridized carbons (Fsp3) is 0.364. The molecule has 1 amide bonds. The summed E-state index contributed by atoms with van der Waals surface area (Å²) < 4.78 is 0.883. The van der Waals surface area contributed by atoms with Crippen LogP contribution in [0.1, 0.15) is 10.4 Å². The molecule has 0 spiro atoms. The number of amides is 1. The third-order valence-electron chi connectivity index (χ3n) is 2.40. The summed E-state index contributed by atoms with van der Waals surface area (Å²) in [6.45, 7) is 1.73. The van der Waals surface area contributed by atoms with Crippen molar-refractivity contribution in [2.75, 3.05) is 24.6 Å². The summed E-state index contributed by atoms with van der Waals surface area (Å²) in [7, 11) is 0. The molecule has 0 saturated carbocycles. The highest BCUT2D eigenvalue weighted by atomic mass is 79.9. The summed E-state index contributed by atoms with van der Waals surface area (Å²) in [6.07, 6.45) is 0. The standard InChI is InChI=1S/C11H12BrNOS/c12-10-4-2-1-3-9(10)11(14)13-5-7-15-8-6-13/h1-4H,5-8H2. The van der Waals surface area contributed by atoms with Gasteiger partial charge in [0.2, 0.25) is 0 Å². The lowest BCUT2D eigenvalue weighted by atomic mass is 10.2. The van der Waals surface area contributed by atoms with Gasteiger partial charge in [-0.25, -0.2) is 0 Å². The first-order valence-corrected chi connectivity index (χ1v) is 6.85. The summed E-state index contributed by atoms with van der Waals surface area (Å²) in [6, 6.07) is 7.60. The Kier molecular flexibility index (Phi) is 3.70. The number of benzene rings is 1. The normalized spacial score (nSPS) is 16.5. The summed E-state index contributed by atoms with van der Waals surface area (Å²) in [5.74, 6) is 2.25. The van der Waals surface area contributed by atoms with Crippen molar-refractivity contribution in [2.24, 2.45) is 0 Å². The lowest BCUT2D eigenvalue weighted by molar-refractivity contribution is 0.0771. The van der Waals surface area contributed by atoms with Gasteiger partial charge in [-0.3, -0.25) is 4.79 Å². The van der Waals surface area contributed by atoms with Crippen LogP contribution < -0.4 is 0 Å². The van der Waals surface area contributed by atoms with E-state index in [0.29, 0.717) is 0 Å². The fourth-order valence-electron chi connectivity index (χ4n) is 1.57. The Morgan fingerprint density at radius 2 is 1.93 bits per heavy atom. The second-order valence-corrected chi connectivity index (χ2v) is 5.46. The van der Waals surface area contributed by atoms with Crippen LogP contribution in [-0.4, -0.2) is 35.4 Å². The van der Waals surface area contributed by atoms with Crippen LogP contribution in [0.3, 0.4) is 0 Å². The van der Waals surface area contributed by atoms with Crippen molar-refractivity contribution >= 4 is 33.6 Å². The molecule has 0 aromatic heterocycles. The highest BCUT2D eigenvalue weighted by Gasteiger charge is 2.19. The predicted octanol–water partition coefficient (Wildman–Crippen LogP) is 2.64. The third kappa shape index (κ3) is 2.55. The molecule has 0 atom stereocenters. The van der Waals surface area contributed by atoms with Crippen molar-refractivity contribution in [2.45, 2.75) is 0 Å². The first kappa shape index (κ1) is 11.0. The van der Waals surface area contributed by atoms with Gasteiger partial charge in [0, 0.05) is 29.1 Å². The molecular weight excluding hydrogens is 274 g/mol. The number of thioether (sulfide) groups is 1. The third-order valence-corrected chi connectivity index (χ3v) is 4.04. The van der Waals surface area contributed by atoms with Crippen molar-refractivity contribution in [3.8, 4) is 0 Å². The number of halogens is 1. The van der Waals surface area contributed by atoms with Crippen LogP contribution >= 0.6 is 27.7 Å². The van der Waals surface area contributed by atoms with Gasteiger partial charge in [-0.2, -0.15) is 11.8 Å². The summed E-state index contributed by atoms with van der Waals surface area (Å²) >= 11 is 5.32. The number of rotatable bonds is 1. The van der Waals surface area contributed by atoms with Crippen molar-refractivity contribution in [3.05, 3.63) is 34.3 Å². The molecule has 2 rings (SSSR count). The SMILES string of the molecule is O=C(c1ccccc1Br)N1CCSCC1. The molecule has 0 unspecified atom stereocenters. The fourth-order valence-corrected chi connectivity index (χ4v) is 2.93. The first-order chi connectivity index (χ1) is 7.29. The van der Waals surface area contributed by atoms with Gasteiger partial charge in [0.1, 0.15) is 0 Å². The average molecular weight is 286 g/mol. The summed E-state index contributed by atoms with van der Waals surface area (Å²) in [5.41, 5.74) is 0.768. The van der Waals surface area contributed by atoms with E-state index < -0.39 is 0 Å². The van der Waals surface area contributed by atoms with E-state index in [1.807, 2.05) is 40.9 Å². The molecule has 0 radical (unpaired) electrons. The molecule has 1 aliphatic heterocycles. The van der Waals surface area contributed by atoms with Crippen LogP contribution in [0.25, 0.3) is 0 Å². The van der Waals surface area contributed by atoms with Gasteiger partial charge in [0.05, 0.1) is 5.56 Å². The number of carbonyl (C=O) groups is 1. The smallest absolute Gasteiger partial charge is 0.255 e. The van der Waals surface area contributed by atoms with Crippen LogP contribution in [0.2, 0.25) is 0 Å². The van der Waals surface area contributed by atoms with Crippen LogP contribution in [-0.2, 0) is 0 Å². The van der Waals surface area contributed by atoms with Crippen molar-refractivity contribution in [1.29, 1.82) is 0 Å². The van der Waals surface area contributed by atoms with Gasteiger partial charge < -0.3 is 4.90 Å². The van der Waals surface area contributed by atoms with Crippen molar-refractivity contribution in [3.63, 3.8) is 0 Å². The van der Waals surface area contributed by atoms with E-state index in [-0.39, 0.29) is 5.91 Å². The lowest BCUT2D eigenvalue weighted by Crippen LogP contribution is -2.38. The molecule has 2 nitrogen and oxygen atoms in total. The first-order valence-electron chi connectivity index (χ1n) is 4.90. The highest BCUT2D eigenvalue weighted by Crippen LogP contribution is 2.19. The maximum Gasteiger partial charge on any atom is 0.255 e. The van der Waals surface area contributed by atoms with E-state index in [1.165, 1.54) is 0 Å². The molecule has 80 valence electrons. The Balaban J connectivity index is 2.16. The Hall–Kier alpha value is -0.480. The molecule has 1 fully saturated rings. The lowest BCUT2D eigenvalue weighted by Gasteiger charge is -2.26. The second-order valence-electron chi connectivity index (χ2n) is 3.38. The van der Waals surface area contributed by atoms with E-state index in [4.69, 9.17) is 0 Å². The van der Waals surface area contributed by atoms with E-state index >= 15 is 0 Å². The van der Waals surface area contributed by atoms with Crippen LogP contribution in [0.4, 0.5) is 0 Å². The van der Waals surface area contributed by atoms with E-state index in [1.54, 1.807) is 0 Å². The Morgan fingerprint density at radius 3 is 2.60 bits per heavy atom. The second kappa shape index (κ2) is 5.03. The van der Waals surface area contributed by atoms with Gasteiger partial charge in [-0.1, -0.05) is 12.1 Å². The number of hydrogen-bond donors (Lipinski definition) is 0. The maximum atomic E-state index is 12.1. The molecule has 4 heteroatoms. The number of hydrogen-bond acceptors (Lipinski definition) is 2. The minimum Gasteiger partial charge on any atom is -0.337 e. The van der Waals surface area contributed by atoms with E-state index in [0.717, 1.165) is 34.6 Å². The Bertz CT molecular complexity index is 363. The molecule has 1 aliphatic rings. The van der Waals surface area contributed by atoms with Gasteiger partial charge in [0.25, 0.3) is 5.91 Å². The quantitative estimate of drug-likeness (QED) is 0.791. The highest BCUT2D eigenvalue weighted by molar-refractivity contribution is 9.10. The minimum absolute atomic E-state index is 0.141. The Morgan fingerprint density at radius 1 is 1.27 bits per heavy atom. The minimum atomic E-state index is 0.141. The molecule has 1 heterocycles. The van der Waals surface area contributed by atoms with Gasteiger partial charge in [-0.15, -0.1) is 0 Å². The zero-order chi connectivity index (χ0) is 10.7. The van der Waals surface area contributed by atoms with E-state index in [2.05, 4.69) is 15.9 Å². The molecule has 1 aromatic carbocycles. The maximum absolute atomic E-state index is 12.1. The summed E-state index contributed by atoms with van der Waals surface area (Å²) in [5, 5.41) is 0. The molecule has 15 heavy (non-hydrogen) atoms. The molecule has 1 saturated heterocycles. The van der Waals surface area contributed by atoms with Crippen LogP contribution in [0, 0.1) is 0 Å². The molecule has 0 bridgehead atoms. The largest absolute Gasteiger partial charge is 0.337 e. The van der Waals surface area contributed by atoms with Gasteiger partial charge in [0.15, 0.2) is 0 Å². The summed E-state index contributed by atoms with van der Waals surface area (Å²) in [4.78, 5) is 14.0. The van der Waals surface area contributed by atoms with Gasteiger partial charge in [-0.05, 0) is 28.1 Å². The molecule has 1 aromatic rings. The number of nitrogens with zero attached hydrogens (tertiary/aromatic N) is 1. The van der Waals surface area contributed by atoms with Crippen molar-refractivity contribution in [1.82, 2.24) is 4.90 Å². The van der Waals surface area contributed by atoms with Crippen LogP contribution in [0.5, 0.6) is 0 Å². The zero-order valence-corrected chi connectivity index (χ0v) is 10.7. The molecule has 0 aliphatic carbocycles. The van der Waals surface area contributed by atoms with Gasteiger partial charge >= 0.3 is 0 Å². The molecule has 0 N–H and O–H groups in total. The Labute approximate surface area is 102 Å². The number of carbonyl (C=O) groups excluding carboxylic acids is 1. The van der Waals surface area contributed by atoms with Crippen LogP contribution in [0.15, 0.2) is 28.7 Å². The predicted molar refractivity (Wildman–Crippen MR) is 67.4 cm³/mol. The topological polar surface area (TPSA) is 20.3 Å². The molecular formula is C11H12BrNOS.